The lowest BCUT2D eigenvalue weighted by molar-refractivity contribution is -0.00841. The Morgan fingerprint density at radius 2 is 1.45 bits per heavy atom. The van der Waals surface area contributed by atoms with E-state index in [9.17, 15) is 9.13 Å². The second-order valence-electron chi connectivity index (χ2n) is 5.43. The predicted molar refractivity (Wildman–Crippen MR) is 108 cm³/mol. The van der Waals surface area contributed by atoms with Crippen LogP contribution < -0.4 is 0 Å². The molecule has 0 amide bonds. The highest BCUT2D eigenvalue weighted by Crippen LogP contribution is 2.50. The zero-order valence-corrected chi connectivity index (χ0v) is 18.3. The van der Waals surface area contributed by atoms with Crippen molar-refractivity contribution in [3.8, 4) is 37.0 Å². The minimum absolute atomic E-state index is 0.0491. The lowest BCUT2D eigenvalue weighted by Gasteiger charge is -2.22. The van der Waals surface area contributed by atoms with E-state index in [4.69, 9.17) is 51.7 Å². The first-order valence-electron chi connectivity index (χ1n) is 8.75. The van der Waals surface area contributed by atoms with Crippen LogP contribution in [0.15, 0.2) is 0 Å². The first-order chi connectivity index (χ1) is 13.8. The van der Waals surface area contributed by atoms with Gasteiger partial charge in [0, 0.05) is 26.1 Å². The summed E-state index contributed by atoms with van der Waals surface area (Å²) in [5.74, 6) is 6.97. The Morgan fingerprint density at radius 3 is 2.03 bits per heavy atom. The third-order valence-corrected chi connectivity index (χ3v) is 5.67. The van der Waals surface area contributed by atoms with Crippen LogP contribution in [0, 0.1) is 37.0 Å². The van der Waals surface area contributed by atoms with Crippen molar-refractivity contribution in [2.45, 2.75) is 25.4 Å². The van der Waals surface area contributed by atoms with E-state index < -0.39 is 21.5 Å². The molecule has 0 heterocycles. The molecular formula is C18H28O9P2. The van der Waals surface area contributed by atoms with E-state index in [1.165, 1.54) is 6.66 Å². The molecule has 0 aromatic rings. The summed E-state index contributed by atoms with van der Waals surface area (Å²) in [7, 11) is -7.35. The summed E-state index contributed by atoms with van der Waals surface area (Å²) in [5, 5.41) is 8.83. The van der Waals surface area contributed by atoms with Crippen molar-refractivity contribution < 1.29 is 41.6 Å². The Kier molecular flexibility index (Phi) is 16.0. The van der Waals surface area contributed by atoms with E-state index in [1.54, 1.807) is 0 Å². The summed E-state index contributed by atoms with van der Waals surface area (Å²) in [6, 6.07) is 0. The van der Waals surface area contributed by atoms with Gasteiger partial charge in [-0.15, -0.1) is 31.1 Å². The van der Waals surface area contributed by atoms with Crippen LogP contribution in [0.3, 0.4) is 0 Å². The summed E-state index contributed by atoms with van der Waals surface area (Å²) in [4.78, 5) is 0. The number of phosphoric ester groups is 1. The van der Waals surface area contributed by atoms with Gasteiger partial charge < -0.3 is 18.9 Å². The van der Waals surface area contributed by atoms with Crippen LogP contribution in [0.1, 0.15) is 19.3 Å². The molecule has 1 N–H and O–H groups in total. The lowest BCUT2D eigenvalue weighted by atomic mass is 10.4. The van der Waals surface area contributed by atoms with Crippen molar-refractivity contribution in [3.05, 3.63) is 0 Å². The van der Waals surface area contributed by atoms with Crippen molar-refractivity contribution in [1.82, 2.24) is 0 Å². The number of aliphatic hydroxyl groups excluding tert-OH is 1. The fourth-order valence-corrected chi connectivity index (χ4v) is 3.75. The molecule has 0 spiro atoms. The molecule has 11 heteroatoms. The number of hydrogen-bond donors (Lipinski definition) is 1. The Morgan fingerprint density at radius 1 is 0.862 bits per heavy atom. The maximum Gasteiger partial charge on any atom is 0.474 e. The number of rotatable bonds is 18. The van der Waals surface area contributed by atoms with Gasteiger partial charge in [0.1, 0.15) is 12.7 Å². The quantitative estimate of drug-likeness (QED) is 0.191. The Balaban J connectivity index is 4.82. The van der Waals surface area contributed by atoms with Gasteiger partial charge in [0.15, 0.2) is 0 Å². The van der Waals surface area contributed by atoms with E-state index in [2.05, 4.69) is 17.8 Å². The maximum absolute atomic E-state index is 12.7. The smallest absolute Gasteiger partial charge is 0.396 e. The van der Waals surface area contributed by atoms with Crippen molar-refractivity contribution in [2.75, 3.05) is 52.9 Å². The van der Waals surface area contributed by atoms with E-state index >= 15 is 0 Å². The van der Waals surface area contributed by atoms with Crippen LogP contribution in [-0.2, 0) is 36.5 Å². The normalized spacial score (nSPS) is 16.0. The van der Waals surface area contributed by atoms with Gasteiger partial charge >= 0.3 is 15.4 Å². The molecule has 0 aromatic carbocycles. The van der Waals surface area contributed by atoms with Gasteiger partial charge in [0.25, 0.3) is 0 Å². The van der Waals surface area contributed by atoms with E-state index in [1.807, 2.05) is 0 Å². The van der Waals surface area contributed by atoms with Gasteiger partial charge in [-0.3, -0.25) is 18.1 Å². The summed E-state index contributed by atoms with van der Waals surface area (Å²) < 4.78 is 56.2. The number of terminal acetylenes is 3. The van der Waals surface area contributed by atoms with Gasteiger partial charge in [0.05, 0.1) is 33.0 Å². The molecule has 3 unspecified atom stereocenters. The standard InChI is InChI=1S/C18H28O9P2/c1-5-8-13-23-28(4,20)26-16-18(22-12-7-3)17-27-29(21,24-14-9-6-2)25-15-10-11-19/h1-3,18-19H,8-17H2,4H3. The fourth-order valence-electron chi connectivity index (χ4n) is 1.58. The molecule has 0 rings (SSSR count). The second kappa shape index (κ2) is 16.6. The minimum atomic E-state index is -3.97. The van der Waals surface area contributed by atoms with Crippen LogP contribution in [0.5, 0.6) is 0 Å². The summed E-state index contributed by atoms with van der Waals surface area (Å²) in [6.07, 6.45) is 15.3. The molecule has 29 heavy (non-hydrogen) atoms. The van der Waals surface area contributed by atoms with Gasteiger partial charge in [-0.25, -0.2) is 4.57 Å². The van der Waals surface area contributed by atoms with E-state index in [0.717, 1.165) is 0 Å². The Hall–Kier alpha value is -1.14. The van der Waals surface area contributed by atoms with E-state index in [-0.39, 0.29) is 65.5 Å². The molecule has 0 saturated heterocycles. The second-order valence-corrected chi connectivity index (χ2v) is 9.16. The van der Waals surface area contributed by atoms with Crippen LogP contribution >= 0.6 is 15.4 Å². The molecular weight excluding hydrogens is 422 g/mol. The molecule has 0 aliphatic carbocycles. The first-order valence-corrected chi connectivity index (χ1v) is 12.2. The number of phosphoric acid groups is 1. The van der Waals surface area contributed by atoms with Crippen LogP contribution in [0.2, 0.25) is 0 Å². The van der Waals surface area contributed by atoms with Crippen LogP contribution in [0.4, 0.5) is 0 Å². The van der Waals surface area contributed by atoms with Gasteiger partial charge in [-0.1, -0.05) is 5.92 Å². The largest absolute Gasteiger partial charge is 0.474 e. The highest BCUT2D eigenvalue weighted by atomic mass is 31.2. The number of hydrogen-bond acceptors (Lipinski definition) is 9. The number of ether oxygens (including phenoxy) is 1. The lowest BCUT2D eigenvalue weighted by Crippen LogP contribution is -2.26. The summed E-state index contributed by atoms with van der Waals surface area (Å²) in [6.45, 7) is 0.511. The van der Waals surface area contributed by atoms with Crippen molar-refractivity contribution >= 4 is 15.4 Å². The molecule has 0 aromatic heterocycles. The topological polar surface area (TPSA) is 110 Å². The highest BCUT2D eigenvalue weighted by molar-refractivity contribution is 7.53. The molecule has 0 bridgehead atoms. The van der Waals surface area contributed by atoms with Crippen LogP contribution in [0.25, 0.3) is 0 Å². The average molecular weight is 450 g/mol. The van der Waals surface area contributed by atoms with Crippen LogP contribution in [-0.4, -0.2) is 64.1 Å². The van der Waals surface area contributed by atoms with Gasteiger partial charge in [-0.2, -0.15) is 0 Å². The molecule has 0 aliphatic heterocycles. The zero-order valence-electron chi connectivity index (χ0n) is 16.5. The van der Waals surface area contributed by atoms with E-state index in [0.29, 0.717) is 0 Å². The van der Waals surface area contributed by atoms with Crippen molar-refractivity contribution in [2.24, 2.45) is 0 Å². The Labute approximate surface area is 172 Å². The van der Waals surface area contributed by atoms with Crippen molar-refractivity contribution in [1.29, 1.82) is 0 Å². The first kappa shape index (κ1) is 27.9. The molecule has 9 nitrogen and oxygen atoms in total. The maximum atomic E-state index is 12.7. The average Bonchev–Trinajstić information content (AvgIpc) is 2.68. The minimum Gasteiger partial charge on any atom is -0.396 e. The molecule has 0 aliphatic rings. The summed E-state index contributed by atoms with van der Waals surface area (Å²) in [5.41, 5.74) is 0. The zero-order chi connectivity index (χ0) is 22.0. The molecule has 0 radical (unpaired) electrons. The third kappa shape index (κ3) is 15.4. The van der Waals surface area contributed by atoms with Gasteiger partial charge in [0.2, 0.25) is 0 Å². The summed E-state index contributed by atoms with van der Waals surface area (Å²) >= 11 is 0. The Bertz CT molecular complexity index is 660. The molecule has 3 atom stereocenters. The predicted octanol–water partition coefficient (Wildman–Crippen LogP) is 2.45. The van der Waals surface area contributed by atoms with Crippen molar-refractivity contribution in [3.63, 3.8) is 0 Å². The fraction of sp³-hybridized carbons (Fsp3) is 0.667. The van der Waals surface area contributed by atoms with Gasteiger partial charge in [-0.05, 0) is 6.42 Å². The molecule has 0 fully saturated rings. The molecule has 164 valence electrons. The highest BCUT2D eigenvalue weighted by Gasteiger charge is 2.29. The third-order valence-electron chi connectivity index (χ3n) is 2.94. The monoisotopic (exact) mass is 450 g/mol. The number of aliphatic hydroxyl groups is 1. The molecule has 0 saturated carbocycles. The SMILES string of the molecule is C#CCCOP(C)(=O)OCC(COP(=O)(OCCC#C)OCCCO)OCC#C.